The first-order valence-corrected chi connectivity index (χ1v) is 18.8. The second kappa shape index (κ2) is 14.0. The van der Waals surface area contributed by atoms with E-state index < -0.39 is 64.6 Å². The molecule has 3 N–H and O–H groups in total. The van der Waals surface area contributed by atoms with E-state index in [0.717, 1.165) is 9.91 Å². The first kappa shape index (κ1) is 37.1. The van der Waals surface area contributed by atoms with Crippen molar-refractivity contribution < 1.29 is 43.7 Å². The van der Waals surface area contributed by atoms with E-state index in [9.17, 15) is 29.4 Å². The van der Waals surface area contributed by atoms with Gasteiger partial charge < -0.3 is 19.7 Å². The molecule has 8 rings (SSSR count). The number of aromatic hydroxyl groups is 1. The molecule has 0 aromatic heterocycles. The van der Waals surface area contributed by atoms with Crippen LogP contribution in [0.5, 0.6) is 17.2 Å². The highest BCUT2D eigenvalue weighted by Gasteiger charge is 2.70. The van der Waals surface area contributed by atoms with E-state index in [4.69, 9.17) is 32.7 Å². The van der Waals surface area contributed by atoms with Crippen molar-refractivity contribution in [1.29, 1.82) is 0 Å². The molecule has 2 heterocycles. The van der Waals surface area contributed by atoms with Gasteiger partial charge in [0.1, 0.15) is 5.75 Å². The third kappa shape index (κ3) is 5.61. The van der Waals surface area contributed by atoms with Gasteiger partial charge in [0.05, 0.1) is 58.8 Å². The molecule has 14 heteroatoms. The molecular weight excluding hydrogens is 761 g/mol. The topological polar surface area (TPSA) is 163 Å². The Morgan fingerprint density at radius 1 is 0.929 bits per heavy atom. The number of hydrogen-bond acceptors (Lipinski definition) is 9. The lowest BCUT2D eigenvalue weighted by molar-refractivity contribution is -0.138. The number of halogens is 2. The SMILES string of the molecule is CCOc1cc([C@H]2C3=CC[C@@H]4C(=O)N(c5cccc(C(=O)O)c5)C(=O)[C@@H]4[C@@H]3C[C@H]3C(=O)N(Nc4ccc(Cl)cc4Cl)C(=O)[C@@]23c2ccc(OC)cc2)ccc1O. The largest absolute Gasteiger partial charge is 0.504 e. The summed E-state index contributed by atoms with van der Waals surface area (Å²) in [6.07, 6.45) is 2.07. The van der Waals surface area contributed by atoms with Gasteiger partial charge in [0, 0.05) is 10.9 Å². The Morgan fingerprint density at radius 3 is 2.39 bits per heavy atom. The number of carboxylic acid groups (broad SMARTS) is 1. The van der Waals surface area contributed by atoms with E-state index >= 15 is 4.79 Å². The number of hydrogen-bond donors (Lipinski definition) is 3. The van der Waals surface area contributed by atoms with Gasteiger partial charge in [-0.2, -0.15) is 5.01 Å². The number of nitrogens with zero attached hydrogens (tertiary/aromatic N) is 2. The van der Waals surface area contributed by atoms with Crippen molar-refractivity contribution in [3.8, 4) is 17.2 Å². The Labute approximate surface area is 331 Å². The van der Waals surface area contributed by atoms with E-state index in [1.807, 2.05) is 6.08 Å². The number of anilines is 2. The molecule has 0 bridgehead atoms. The van der Waals surface area contributed by atoms with E-state index in [0.29, 0.717) is 27.5 Å². The van der Waals surface area contributed by atoms with Crippen LogP contribution >= 0.6 is 23.2 Å². The fourth-order valence-electron chi connectivity index (χ4n) is 9.23. The van der Waals surface area contributed by atoms with Gasteiger partial charge in [0.2, 0.25) is 11.8 Å². The summed E-state index contributed by atoms with van der Waals surface area (Å²) in [6, 6.07) is 22.0. The minimum absolute atomic E-state index is 0.0189. The minimum Gasteiger partial charge on any atom is -0.504 e. The summed E-state index contributed by atoms with van der Waals surface area (Å²) in [6.45, 7) is 2.00. The molecule has 2 saturated heterocycles. The number of carbonyl (C=O) groups excluding carboxylic acids is 4. The van der Waals surface area contributed by atoms with Crippen LogP contribution in [0.2, 0.25) is 10.0 Å². The number of benzene rings is 4. The molecule has 2 aliphatic heterocycles. The number of phenolic OH excluding ortho intramolecular Hbond substituents is 1. The monoisotopic (exact) mass is 795 g/mol. The van der Waals surface area contributed by atoms with E-state index in [1.165, 1.54) is 43.5 Å². The van der Waals surface area contributed by atoms with Gasteiger partial charge in [-0.15, -0.1) is 0 Å². The quantitative estimate of drug-likeness (QED) is 0.119. The van der Waals surface area contributed by atoms with Gasteiger partial charge in [0.15, 0.2) is 11.5 Å². The van der Waals surface area contributed by atoms with Crippen molar-refractivity contribution in [3.05, 3.63) is 123 Å². The first-order chi connectivity index (χ1) is 26.9. The van der Waals surface area contributed by atoms with Crippen molar-refractivity contribution in [3.63, 3.8) is 0 Å². The Morgan fingerprint density at radius 2 is 1.70 bits per heavy atom. The second-order valence-electron chi connectivity index (χ2n) is 14.2. The minimum atomic E-state index is -1.62. The number of ether oxygens (including phenoxy) is 2. The van der Waals surface area contributed by atoms with Gasteiger partial charge in [-0.25, -0.2) is 4.79 Å². The zero-order chi connectivity index (χ0) is 39.6. The number of nitrogens with one attached hydrogen (secondary N) is 1. The number of phenols is 1. The molecule has 2 aliphatic carbocycles. The highest BCUT2D eigenvalue weighted by Crippen LogP contribution is 2.64. The van der Waals surface area contributed by atoms with Crippen molar-refractivity contribution in [2.24, 2.45) is 23.7 Å². The maximum atomic E-state index is 15.5. The third-order valence-corrected chi connectivity index (χ3v) is 12.1. The Hall–Kier alpha value is -5.85. The van der Waals surface area contributed by atoms with Crippen LogP contribution in [-0.4, -0.2) is 58.5 Å². The summed E-state index contributed by atoms with van der Waals surface area (Å²) >= 11 is 12.7. The van der Waals surface area contributed by atoms with Crippen LogP contribution in [0.25, 0.3) is 0 Å². The summed E-state index contributed by atoms with van der Waals surface area (Å²) in [5.74, 6) is -7.19. The van der Waals surface area contributed by atoms with E-state index in [1.54, 1.807) is 55.5 Å². The van der Waals surface area contributed by atoms with Crippen LogP contribution in [0.1, 0.15) is 47.2 Å². The molecule has 0 unspecified atom stereocenters. The van der Waals surface area contributed by atoms with Gasteiger partial charge in [-0.05, 0) is 97.5 Å². The summed E-state index contributed by atoms with van der Waals surface area (Å²) < 4.78 is 11.3. The zero-order valence-electron chi connectivity index (χ0n) is 30.1. The third-order valence-electron chi connectivity index (χ3n) is 11.5. The van der Waals surface area contributed by atoms with Crippen molar-refractivity contribution in [2.75, 3.05) is 24.0 Å². The normalized spacial score (nSPS) is 25.4. The van der Waals surface area contributed by atoms with E-state index in [2.05, 4.69) is 5.43 Å². The number of carboxylic acids is 1. The van der Waals surface area contributed by atoms with Crippen LogP contribution in [-0.2, 0) is 24.6 Å². The summed E-state index contributed by atoms with van der Waals surface area (Å²) in [7, 11) is 1.52. The molecule has 12 nitrogen and oxygen atoms in total. The first-order valence-electron chi connectivity index (χ1n) is 18.0. The number of fused-ring (bicyclic) bond motifs is 4. The van der Waals surface area contributed by atoms with Crippen LogP contribution in [0, 0.1) is 23.7 Å². The molecule has 4 aromatic rings. The predicted octanol–water partition coefficient (Wildman–Crippen LogP) is 6.99. The lowest BCUT2D eigenvalue weighted by Crippen LogP contribution is -2.53. The summed E-state index contributed by atoms with van der Waals surface area (Å²) in [5, 5.41) is 22.0. The van der Waals surface area contributed by atoms with Crippen molar-refractivity contribution >= 4 is 64.2 Å². The molecule has 3 fully saturated rings. The number of aromatic carboxylic acids is 1. The highest BCUT2D eigenvalue weighted by atomic mass is 35.5. The number of methoxy groups -OCH3 is 1. The predicted molar refractivity (Wildman–Crippen MR) is 206 cm³/mol. The fourth-order valence-corrected chi connectivity index (χ4v) is 9.68. The Kier molecular flexibility index (Phi) is 9.29. The molecule has 4 aliphatic rings. The van der Waals surface area contributed by atoms with Crippen LogP contribution in [0.15, 0.2) is 96.6 Å². The summed E-state index contributed by atoms with van der Waals surface area (Å²) in [5.41, 5.74) is 3.39. The molecule has 6 atom stereocenters. The van der Waals surface area contributed by atoms with Gasteiger partial charge in [-0.1, -0.05) is 59.1 Å². The van der Waals surface area contributed by atoms with Gasteiger partial charge >= 0.3 is 5.97 Å². The Balaban J connectivity index is 1.33. The zero-order valence-corrected chi connectivity index (χ0v) is 31.6. The van der Waals surface area contributed by atoms with Crippen LogP contribution < -0.4 is 19.8 Å². The molecule has 4 amide bonds. The van der Waals surface area contributed by atoms with Gasteiger partial charge in [-0.3, -0.25) is 29.5 Å². The molecule has 0 radical (unpaired) electrons. The number of rotatable bonds is 9. The van der Waals surface area contributed by atoms with Crippen molar-refractivity contribution in [2.45, 2.75) is 31.1 Å². The standard InChI is InChI=1S/C42H35Cl2N3O9/c1-3-56-34-18-21(7-16-33(34)48)36-27-13-14-28-35(39(51)46(37(28)49)25-6-4-5-22(17-25)40(52)53)29(27)20-30-38(50)47(45-32-15-10-24(43)19-31(32)44)41(54)42(30,36)23-8-11-26(55-2)12-9-23/h4-13,15-19,28-30,35-36,45,48H,3,14,20H2,1-2H3,(H,52,53)/t28-,29+,30-,35-,36-,42+/m0/s1. The molecule has 56 heavy (non-hydrogen) atoms. The smallest absolute Gasteiger partial charge is 0.335 e. The number of carbonyl (C=O) groups is 5. The lowest BCUT2D eigenvalue weighted by atomic mass is 9.49. The average Bonchev–Trinajstić information content (AvgIpc) is 3.57. The van der Waals surface area contributed by atoms with Gasteiger partial charge in [0.25, 0.3) is 11.8 Å². The maximum Gasteiger partial charge on any atom is 0.335 e. The second-order valence-corrected chi connectivity index (χ2v) is 15.1. The Bertz CT molecular complexity index is 2370. The average molecular weight is 797 g/mol. The number of allylic oxidation sites excluding steroid dienone is 2. The van der Waals surface area contributed by atoms with Crippen molar-refractivity contribution in [1.82, 2.24) is 5.01 Å². The molecular formula is C42H35Cl2N3O9. The molecule has 286 valence electrons. The molecule has 0 spiro atoms. The summed E-state index contributed by atoms with van der Waals surface area (Å²) in [4.78, 5) is 72.1. The molecule has 1 saturated carbocycles. The highest BCUT2D eigenvalue weighted by molar-refractivity contribution is 6.36. The van der Waals surface area contributed by atoms with E-state index in [-0.39, 0.29) is 52.9 Å². The van der Waals surface area contributed by atoms with Crippen LogP contribution in [0.3, 0.4) is 0 Å². The fraction of sp³-hybridized carbons (Fsp3) is 0.262. The number of amides is 4. The number of imide groups is 2. The lowest BCUT2D eigenvalue weighted by Gasteiger charge is -2.50. The number of hydrazine groups is 1. The molecule has 4 aromatic carbocycles. The maximum absolute atomic E-state index is 15.5. The van der Waals surface area contributed by atoms with Crippen LogP contribution in [0.4, 0.5) is 11.4 Å².